The molecule has 0 aromatic heterocycles. The largest absolute Gasteiger partial charge is 0.376 e. The molecule has 3 atom stereocenters. The second-order valence-electron chi connectivity index (χ2n) is 10.9. The lowest BCUT2D eigenvalue weighted by molar-refractivity contribution is -0.123. The van der Waals surface area contributed by atoms with Crippen LogP contribution in [0.1, 0.15) is 66.2 Å². The van der Waals surface area contributed by atoms with Gasteiger partial charge >= 0.3 is 0 Å². The first-order valence-corrected chi connectivity index (χ1v) is 14.0. The summed E-state index contributed by atoms with van der Waals surface area (Å²) in [6.45, 7) is 9.84. The molecule has 2 N–H and O–H groups in total. The van der Waals surface area contributed by atoms with E-state index in [0.29, 0.717) is 26.0 Å². The number of rotatable bonds is 12. The predicted octanol–water partition coefficient (Wildman–Crippen LogP) is 5.53. The number of alkyl halides is 1. The molecule has 192 valence electrons. The van der Waals surface area contributed by atoms with Gasteiger partial charge in [0.05, 0.1) is 17.6 Å². The highest BCUT2D eigenvalue weighted by Gasteiger charge is 2.44. The normalized spacial score (nSPS) is 23.8. The van der Waals surface area contributed by atoms with E-state index in [0.717, 1.165) is 36.8 Å². The van der Waals surface area contributed by atoms with Crippen LogP contribution in [0.2, 0.25) is 0 Å². The maximum absolute atomic E-state index is 13.2. The number of ether oxygens (including phenoxy) is 1. The molecule has 35 heavy (non-hydrogen) atoms. The van der Waals surface area contributed by atoms with Crippen LogP contribution in [-0.4, -0.2) is 45.9 Å². The highest BCUT2D eigenvalue weighted by Crippen LogP contribution is 2.36. The Balaban J connectivity index is 1.36. The van der Waals surface area contributed by atoms with Crippen molar-refractivity contribution in [2.75, 3.05) is 13.2 Å². The minimum Gasteiger partial charge on any atom is -0.376 e. The average molecular weight is 593 g/mol. The van der Waals surface area contributed by atoms with Crippen LogP contribution in [0, 0.1) is 5.92 Å². The van der Waals surface area contributed by atoms with Crippen LogP contribution >= 0.6 is 22.6 Å². The number of hydrogen-bond acceptors (Lipinski definition) is 4. The monoisotopic (exact) mass is 592 g/mol. The fraction of sp³-hybridized carbons (Fsp3) is 0.586. The number of Topliss-reactive ketones (excluding diaryl/α,β-unsaturated/α-hetero) is 1. The van der Waals surface area contributed by atoms with Gasteiger partial charge in [0, 0.05) is 29.0 Å². The number of amides is 1. The highest BCUT2D eigenvalue weighted by molar-refractivity contribution is 14.1. The van der Waals surface area contributed by atoms with Gasteiger partial charge in [0.15, 0.2) is 5.78 Å². The average Bonchev–Trinajstić information content (AvgIpc) is 3.12. The Morgan fingerprint density at radius 1 is 1.03 bits per heavy atom. The molecule has 3 rings (SSSR count). The zero-order chi connectivity index (χ0) is 25.5. The topological polar surface area (TPSA) is 67.4 Å². The molecule has 0 spiro atoms. The first kappa shape index (κ1) is 28.1. The van der Waals surface area contributed by atoms with Gasteiger partial charge in [-0.3, -0.25) is 14.9 Å². The van der Waals surface area contributed by atoms with E-state index in [4.69, 9.17) is 4.74 Å². The first-order chi connectivity index (χ1) is 16.6. The van der Waals surface area contributed by atoms with E-state index in [-0.39, 0.29) is 38.7 Å². The fourth-order valence-corrected chi connectivity index (χ4v) is 4.89. The summed E-state index contributed by atoms with van der Waals surface area (Å²) in [7, 11) is 0. The number of carbonyl (C=O) groups is 2. The molecule has 0 aromatic carbocycles. The van der Waals surface area contributed by atoms with Gasteiger partial charge < -0.3 is 10.1 Å². The van der Waals surface area contributed by atoms with E-state index >= 15 is 0 Å². The molecule has 1 heterocycles. The van der Waals surface area contributed by atoms with Gasteiger partial charge in [-0.25, -0.2) is 0 Å². The lowest BCUT2D eigenvalue weighted by atomic mass is 9.80. The number of halogens is 1. The van der Waals surface area contributed by atoms with E-state index in [9.17, 15) is 9.59 Å². The Morgan fingerprint density at radius 3 is 2.43 bits per heavy atom. The molecule has 1 aliphatic heterocycles. The Morgan fingerprint density at radius 2 is 1.71 bits per heavy atom. The van der Waals surface area contributed by atoms with Gasteiger partial charge in [0.1, 0.15) is 0 Å². The fourth-order valence-electron chi connectivity index (χ4n) is 4.67. The van der Waals surface area contributed by atoms with Gasteiger partial charge in [-0.2, -0.15) is 0 Å². The van der Waals surface area contributed by atoms with E-state index in [1.807, 2.05) is 24.3 Å². The molecule has 1 amide bonds. The number of carbonyl (C=O) groups excluding carboxylic acids is 2. The van der Waals surface area contributed by atoms with E-state index in [1.54, 1.807) is 0 Å². The molecular formula is C29H41IN2O3. The molecule has 2 aliphatic carbocycles. The van der Waals surface area contributed by atoms with Crippen molar-refractivity contribution in [3.8, 4) is 0 Å². The molecular weight excluding hydrogens is 551 g/mol. The summed E-state index contributed by atoms with van der Waals surface area (Å²) in [6, 6.07) is -0.0836. The lowest BCUT2D eigenvalue weighted by Gasteiger charge is -2.27. The molecule has 2 bridgehead atoms. The summed E-state index contributed by atoms with van der Waals surface area (Å²) in [6.07, 6.45) is 21.1. The Kier molecular flexibility index (Phi) is 10.1. The van der Waals surface area contributed by atoms with E-state index in [1.165, 1.54) is 0 Å². The van der Waals surface area contributed by atoms with E-state index in [2.05, 4.69) is 85.2 Å². The molecule has 1 fully saturated rings. The van der Waals surface area contributed by atoms with Gasteiger partial charge in [-0.1, -0.05) is 85.0 Å². The maximum Gasteiger partial charge on any atom is 0.220 e. The van der Waals surface area contributed by atoms with Crippen LogP contribution in [0.4, 0.5) is 0 Å². The van der Waals surface area contributed by atoms with E-state index < -0.39 is 0 Å². The van der Waals surface area contributed by atoms with Crippen molar-refractivity contribution in [2.24, 2.45) is 5.92 Å². The van der Waals surface area contributed by atoms with Crippen LogP contribution in [0.5, 0.6) is 0 Å². The standard InChI is InChI=1S/C29H41IN2O3/c1-28(2,30)18-20-35-29(3,4)17-16-24(33)31-19-10-9-13-23-27(34)25-21-11-7-5-6-8-12-22(15-14-21)26(25)32-23/h5-8,11-12,14-15,23,25-26,32H,9-10,13,16-20H2,1-4H3,(H,31,33). The number of allylic oxidation sites excluding steroid dienone is 7. The van der Waals surface area contributed by atoms with Crippen molar-refractivity contribution < 1.29 is 14.3 Å². The van der Waals surface area contributed by atoms with Crippen LogP contribution in [0.25, 0.3) is 0 Å². The number of ketones is 1. The predicted molar refractivity (Wildman–Crippen MR) is 152 cm³/mol. The lowest BCUT2D eigenvalue weighted by Crippen LogP contribution is -2.34. The van der Waals surface area contributed by atoms with Gasteiger partial charge in [0.2, 0.25) is 5.91 Å². The zero-order valence-corrected chi connectivity index (χ0v) is 23.8. The molecule has 5 nitrogen and oxygen atoms in total. The first-order valence-electron chi connectivity index (χ1n) is 12.9. The molecule has 0 saturated carbocycles. The van der Waals surface area contributed by atoms with Gasteiger partial charge in [-0.15, -0.1) is 0 Å². The smallest absolute Gasteiger partial charge is 0.220 e. The Hall–Kier alpha value is -1.51. The highest BCUT2D eigenvalue weighted by atomic mass is 127. The third-order valence-electron chi connectivity index (χ3n) is 6.85. The molecule has 3 aliphatic rings. The van der Waals surface area contributed by atoms with Crippen LogP contribution in [0.3, 0.4) is 0 Å². The second kappa shape index (κ2) is 12.6. The Labute approximate surface area is 224 Å². The van der Waals surface area contributed by atoms with Crippen molar-refractivity contribution in [2.45, 2.75) is 87.3 Å². The molecule has 6 heteroatoms. The quantitative estimate of drug-likeness (QED) is 0.178. The number of unbranched alkanes of at least 4 members (excludes halogenated alkanes) is 1. The molecule has 1 saturated heterocycles. The summed E-state index contributed by atoms with van der Waals surface area (Å²) >= 11 is 2.43. The molecule has 0 aromatic rings. The summed E-state index contributed by atoms with van der Waals surface area (Å²) < 4.78 is 6.23. The number of nitrogens with one attached hydrogen (secondary N) is 2. The summed E-state index contributed by atoms with van der Waals surface area (Å²) in [5, 5.41) is 6.62. The minimum atomic E-state index is -0.301. The van der Waals surface area contributed by atoms with Crippen LogP contribution in [0.15, 0.2) is 59.8 Å². The van der Waals surface area contributed by atoms with Crippen molar-refractivity contribution in [1.29, 1.82) is 0 Å². The molecule has 0 radical (unpaired) electrons. The summed E-state index contributed by atoms with van der Waals surface area (Å²) in [5.41, 5.74) is 1.94. The Bertz CT molecular complexity index is 921. The third-order valence-corrected chi connectivity index (χ3v) is 7.39. The van der Waals surface area contributed by atoms with Crippen molar-refractivity contribution >= 4 is 34.3 Å². The van der Waals surface area contributed by atoms with Crippen LogP contribution in [-0.2, 0) is 14.3 Å². The summed E-state index contributed by atoms with van der Waals surface area (Å²) in [5.74, 6) is 0.242. The second-order valence-corrected chi connectivity index (χ2v) is 13.9. The number of hydrogen-bond donors (Lipinski definition) is 2. The van der Waals surface area contributed by atoms with Crippen molar-refractivity contribution in [3.05, 3.63) is 59.8 Å². The van der Waals surface area contributed by atoms with Gasteiger partial charge in [-0.05, 0) is 57.1 Å². The zero-order valence-electron chi connectivity index (χ0n) is 21.6. The van der Waals surface area contributed by atoms with Crippen molar-refractivity contribution in [3.63, 3.8) is 0 Å². The van der Waals surface area contributed by atoms with Crippen LogP contribution < -0.4 is 10.6 Å². The maximum atomic E-state index is 13.2. The summed E-state index contributed by atoms with van der Waals surface area (Å²) in [4.78, 5) is 25.5. The van der Waals surface area contributed by atoms with Gasteiger partial charge in [0.25, 0.3) is 0 Å². The SMILES string of the molecule is CC(C)(I)CCOC(C)(C)CCC(=O)NCCCCC1NC2c3ccccccc(cc3)C2C1=O. The van der Waals surface area contributed by atoms with Crippen molar-refractivity contribution in [1.82, 2.24) is 10.6 Å². The minimum absolute atomic E-state index is 0.0492. The third kappa shape index (κ3) is 8.83. The molecule has 3 unspecified atom stereocenters.